The van der Waals surface area contributed by atoms with Crippen molar-refractivity contribution >= 4 is 17.9 Å². The lowest BCUT2D eigenvalue weighted by atomic mass is 10.1. The molecule has 0 fully saturated rings. The summed E-state index contributed by atoms with van der Waals surface area (Å²) in [6.45, 7) is 2.37. The fourth-order valence-electron chi connectivity index (χ4n) is 2.95. The number of rotatable bonds is 8. The molecule has 0 unspecified atom stereocenters. The van der Waals surface area contributed by atoms with Crippen molar-refractivity contribution in [2.24, 2.45) is 4.99 Å². The van der Waals surface area contributed by atoms with E-state index in [-0.39, 0.29) is 11.6 Å². The van der Waals surface area contributed by atoms with E-state index in [1.165, 1.54) is 21.3 Å². The van der Waals surface area contributed by atoms with Crippen LogP contribution in [-0.2, 0) is 9.53 Å². The summed E-state index contributed by atoms with van der Waals surface area (Å²) in [6, 6.07) is 8.67. The van der Waals surface area contributed by atoms with E-state index in [0.717, 1.165) is 5.56 Å². The molecule has 1 aliphatic heterocycles. The van der Waals surface area contributed by atoms with Crippen molar-refractivity contribution in [3.8, 4) is 28.7 Å². The fourth-order valence-corrected chi connectivity index (χ4v) is 2.95. The van der Waals surface area contributed by atoms with Crippen LogP contribution < -0.4 is 23.7 Å². The predicted molar refractivity (Wildman–Crippen MR) is 111 cm³/mol. The molecule has 0 bridgehead atoms. The van der Waals surface area contributed by atoms with Crippen LogP contribution in [0.3, 0.4) is 0 Å². The van der Waals surface area contributed by atoms with E-state index in [0.29, 0.717) is 40.9 Å². The standard InChI is InChI=1S/C22H23NO7/c1-6-29-17-10-13(7-8-16(17)25-2)9-15-22(24)30-21(23-15)14-11-18(26-3)20(28-5)19(12-14)27-4/h7-12H,6H2,1-5H3. The molecule has 0 saturated carbocycles. The minimum absolute atomic E-state index is 0.143. The molecule has 30 heavy (non-hydrogen) atoms. The first-order chi connectivity index (χ1) is 14.5. The van der Waals surface area contributed by atoms with Gasteiger partial charge in [-0.2, -0.15) is 0 Å². The highest BCUT2D eigenvalue weighted by atomic mass is 16.6. The highest BCUT2D eigenvalue weighted by Gasteiger charge is 2.26. The third-order valence-electron chi connectivity index (χ3n) is 4.32. The molecule has 0 radical (unpaired) electrons. The number of carbonyl (C=O) groups is 1. The minimum Gasteiger partial charge on any atom is -0.493 e. The smallest absolute Gasteiger partial charge is 0.363 e. The second kappa shape index (κ2) is 9.21. The molecule has 2 aromatic rings. The first-order valence-corrected chi connectivity index (χ1v) is 9.18. The predicted octanol–water partition coefficient (Wildman–Crippen LogP) is 3.46. The molecular formula is C22H23NO7. The number of hydrogen-bond donors (Lipinski definition) is 0. The van der Waals surface area contributed by atoms with Crippen molar-refractivity contribution in [1.82, 2.24) is 0 Å². The Morgan fingerprint density at radius 3 is 2.13 bits per heavy atom. The molecule has 8 heteroatoms. The van der Waals surface area contributed by atoms with E-state index in [1.54, 1.807) is 43.5 Å². The van der Waals surface area contributed by atoms with Gasteiger partial charge in [0.25, 0.3) is 0 Å². The van der Waals surface area contributed by atoms with Crippen molar-refractivity contribution in [2.75, 3.05) is 35.0 Å². The highest BCUT2D eigenvalue weighted by molar-refractivity contribution is 6.13. The van der Waals surface area contributed by atoms with Crippen molar-refractivity contribution in [2.45, 2.75) is 6.92 Å². The zero-order chi connectivity index (χ0) is 21.7. The molecule has 0 N–H and O–H groups in total. The van der Waals surface area contributed by atoms with Crippen LogP contribution in [0.15, 0.2) is 41.0 Å². The number of cyclic esters (lactones) is 1. The molecule has 158 valence electrons. The van der Waals surface area contributed by atoms with Crippen LogP contribution in [0, 0.1) is 0 Å². The molecular weight excluding hydrogens is 390 g/mol. The molecule has 1 aliphatic rings. The van der Waals surface area contributed by atoms with Crippen LogP contribution in [-0.4, -0.2) is 46.9 Å². The summed E-state index contributed by atoms with van der Waals surface area (Å²) < 4.78 is 32.2. The Hall–Kier alpha value is -3.68. The van der Waals surface area contributed by atoms with Crippen molar-refractivity contribution in [3.05, 3.63) is 47.2 Å². The Morgan fingerprint density at radius 2 is 1.57 bits per heavy atom. The zero-order valence-electron chi connectivity index (χ0n) is 17.5. The number of ether oxygens (including phenoxy) is 6. The summed E-state index contributed by atoms with van der Waals surface area (Å²) in [5, 5.41) is 0. The Bertz CT molecular complexity index is 986. The molecule has 0 saturated heterocycles. The van der Waals surface area contributed by atoms with Gasteiger partial charge < -0.3 is 28.4 Å². The van der Waals surface area contributed by atoms with Crippen LogP contribution in [0.4, 0.5) is 0 Å². The molecule has 0 spiro atoms. The third kappa shape index (κ3) is 4.17. The minimum atomic E-state index is -0.562. The summed E-state index contributed by atoms with van der Waals surface area (Å²) in [6.07, 6.45) is 1.62. The number of carbonyl (C=O) groups excluding carboxylic acids is 1. The number of esters is 1. The topological polar surface area (TPSA) is 84.8 Å². The Labute approximate surface area is 174 Å². The van der Waals surface area contributed by atoms with Crippen LogP contribution in [0.5, 0.6) is 28.7 Å². The number of aliphatic imine (C=N–C) groups is 1. The van der Waals surface area contributed by atoms with Crippen molar-refractivity contribution in [3.63, 3.8) is 0 Å². The monoisotopic (exact) mass is 413 g/mol. The second-order valence-electron chi connectivity index (χ2n) is 6.09. The Morgan fingerprint density at radius 1 is 0.900 bits per heavy atom. The van der Waals surface area contributed by atoms with Gasteiger partial charge in [0.1, 0.15) is 0 Å². The maximum atomic E-state index is 12.4. The first-order valence-electron chi connectivity index (χ1n) is 9.18. The summed E-state index contributed by atoms with van der Waals surface area (Å²) in [5.74, 6) is 2.06. The molecule has 0 amide bonds. The maximum absolute atomic E-state index is 12.4. The molecule has 0 aliphatic carbocycles. The molecule has 2 aromatic carbocycles. The van der Waals surface area contributed by atoms with E-state index < -0.39 is 5.97 Å². The van der Waals surface area contributed by atoms with Gasteiger partial charge in [-0.3, -0.25) is 0 Å². The number of benzene rings is 2. The average Bonchev–Trinajstić information content (AvgIpc) is 3.13. The fraction of sp³-hybridized carbons (Fsp3) is 0.273. The lowest BCUT2D eigenvalue weighted by Crippen LogP contribution is -2.07. The Kier molecular flexibility index (Phi) is 6.46. The van der Waals surface area contributed by atoms with Gasteiger partial charge in [-0.1, -0.05) is 6.07 Å². The number of methoxy groups -OCH3 is 4. The van der Waals surface area contributed by atoms with E-state index in [1.807, 2.05) is 6.92 Å². The molecule has 3 rings (SSSR count). The van der Waals surface area contributed by atoms with E-state index in [4.69, 9.17) is 28.4 Å². The highest BCUT2D eigenvalue weighted by Crippen LogP contribution is 2.39. The van der Waals surface area contributed by atoms with Gasteiger partial charge in [-0.25, -0.2) is 9.79 Å². The van der Waals surface area contributed by atoms with Gasteiger partial charge >= 0.3 is 5.97 Å². The van der Waals surface area contributed by atoms with Gasteiger partial charge in [-0.05, 0) is 42.8 Å². The molecule has 0 atom stereocenters. The van der Waals surface area contributed by atoms with Crippen molar-refractivity contribution in [1.29, 1.82) is 0 Å². The van der Waals surface area contributed by atoms with Crippen LogP contribution >= 0.6 is 0 Å². The van der Waals surface area contributed by atoms with Gasteiger partial charge in [0.2, 0.25) is 11.6 Å². The third-order valence-corrected chi connectivity index (χ3v) is 4.32. The van der Waals surface area contributed by atoms with Gasteiger partial charge in [0.05, 0.1) is 35.0 Å². The SMILES string of the molecule is CCOc1cc(C=C2N=C(c3cc(OC)c(OC)c(OC)c3)OC2=O)ccc1OC. The number of hydrogen-bond acceptors (Lipinski definition) is 8. The first kappa shape index (κ1) is 21.0. The molecule has 0 aromatic heterocycles. The van der Waals surface area contributed by atoms with Gasteiger partial charge in [0, 0.05) is 5.56 Å². The van der Waals surface area contributed by atoms with Crippen molar-refractivity contribution < 1.29 is 33.2 Å². The van der Waals surface area contributed by atoms with E-state index in [2.05, 4.69) is 4.99 Å². The van der Waals surface area contributed by atoms with E-state index in [9.17, 15) is 4.79 Å². The quantitative estimate of drug-likeness (QED) is 0.484. The van der Waals surface area contributed by atoms with Crippen LogP contribution in [0.25, 0.3) is 6.08 Å². The summed E-state index contributed by atoms with van der Waals surface area (Å²) >= 11 is 0. The summed E-state index contributed by atoms with van der Waals surface area (Å²) in [4.78, 5) is 16.7. The lowest BCUT2D eigenvalue weighted by molar-refractivity contribution is -0.129. The lowest BCUT2D eigenvalue weighted by Gasteiger charge is -2.13. The van der Waals surface area contributed by atoms with E-state index >= 15 is 0 Å². The van der Waals surface area contributed by atoms with Gasteiger partial charge in [0.15, 0.2) is 28.7 Å². The summed E-state index contributed by atoms with van der Waals surface area (Å²) in [5.41, 5.74) is 1.40. The second-order valence-corrected chi connectivity index (χ2v) is 6.09. The average molecular weight is 413 g/mol. The maximum Gasteiger partial charge on any atom is 0.363 e. The van der Waals surface area contributed by atoms with Crippen LogP contribution in [0.2, 0.25) is 0 Å². The summed E-state index contributed by atoms with van der Waals surface area (Å²) in [7, 11) is 6.10. The van der Waals surface area contributed by atoms with Crippen LogP contribution in [0.1, 0.15) is 18.1 Å². The normalized spacial score (nSPS) is 14.2. The Balaban J connectivity index is 1.98. The zero-order valence-corrected chi connectivity index (χ0v) is 17.5. The largest absolute Gasteiger partial charge is 0.493 e. The number of nitrogens with zero attached hydrogens (tertiary/aromatic N) is 1. The molecule has 8 nitrogen and oxygen atoms in total. The van der Waals surface area contributed by atoms with Gasteiger partial charge in [-0.15, -0.1) is 0 Å². The molecule has 1 heterocycles.